The highest BCUT2D eigenvalue weighted by molar-refractivity contribution is 5.71. The molecule has 0 aromatic heterocycles. The number of aryl methyl sites for hydroxylation is 1. The number of amides is 1. The van der Waals surface area contributed by atoms with Crippen LogP contribution >= 0.6 is 0 Å². The number of carbonyl (C=O) groups excluding carboxylic acids is 1. The van der Waals surface area contributed by atoms with Gasteiger partial charge in [0.05, 0.1) is 7.11 Å². The number of benzene rings is 2. The first kappa shape index (κ1) is 21.1. The molecule has 1 heterocycles. The zero-order chi connectivity index (χ0) is 21.2. The van der Waals surface area contributed by atoms with Gasteiger partial charge in [-0.3, -0.25) is 4.90 Å². The molecule has 0 radical (unpaired) electrons. The molecule has 156 valence electrons. The van der Waals surface area contributed by atoms with Gasteiger partial charge in [-0.15, -0.1) is 0 Å². The number of hydrogen-bond acceptors (Lipinski definition) is 4. The van der Waals surface area contributed by atoms with Crippen LogP contribution in [-0.2, 0) is 19.5 Å². The van der Waals surface area contributed by atoms with Crippen molar-refractivity contribution < 1.29 is 18.7 Å². The van der Waals surface area contributed by atoms with E-state index < -0.39 is 6.09 Å². The molecule has 2 aromatic rings. The van der Waals surface area contributed by atoms with Gasteiger partial charge in [-0.2, -0.15) is 0 Å². The van der Waals surface area contributed by atoms with E-state index in [1.54, 1.807) is 33.3 Å². The van der Waals surface area contributed by atoms with E-state index in [4.69, 9.17) is 9.47 Å². The van der Waals surface area contributed by atoms with Crippen LogP contribution in [0.1, 0.15) is 37.0 Å². The average Bonchev–Trinajstić information content (AvgIpc) is 3.11. The van der Waals surface area contributed by atoms with Gasteiger partial charge in [0.1, 0.15) is 5.82 Å². The number of rotatable bonds is 6. The number of methoxy groups -OCH3 is 1. The molecule has 0 unspecified atom stereocenters. The summed E-state index contributed by atoms with van der Waals surface area (Å²) in [5.74, 6) is 0.774. The van der Waals surface area contributed by atoms with Gasteiger partial charge in [-0.05, 0) is 67.6 Å². The highest BCUT2D eigenvalue weighted by atomic mass is 19.1. The van der Waals surface area contributed by atoms with Gasteiger partial charge in [0.15, 0.2) is 11.5 Å². The molecule has 0 aliphatic carbocycles. The molecule has 1 amide bonds. The Morgan fingerprint density at radius 3 is 2.52 bits per heavy atom. The summed E-state index contributed by atoms with van der Waals surface area (Å²) in [5.41, 5.74) is 3.35. The minimum absolute atomic E-state index is 0.0429. The molecule has 0 N–H and O–H groups in total. The number of nitrogens with zero attached hydrogens (tertiary/aromatic N) is 2. The Kier molecular flexibility index (Phi) is 6.13. The molecule has 0 bridgehead atoms. The van der Waals surface area contributed by atoms with Crippen molar-refractivity contribution in [3.63, 3.8) is 0 Å². The maximum atomic E-state index is 13.5. The molecule has 29 heavy (non-hydrogen) atoms. The number of carbonyl (C=O) groups is 1. The molecule has 2 aromatic carbocycles. The van der Waals surface area contributed by atoms with Gasteiger partial charge >= 0.3 is 6.09 Å². The van der Waals surface area contributed by atoms with Crippen molar-refractivity contribution in [1.29, 1.82) is 0 Å². The Hall–Kier alpha value is -2.60. The molecule has 0 atom stereocenters. The van der Waals surface area contributed by atoms with Crippen molar-refractivity contribution in [2.24, 2.45) is 0 Å². The van der Waals surface area contributed by atoms with Crippen LogP contribution in [-0.4, -0.2) is 42.6 Å². The van der Waals surface area contributed by atoms with Crippen LogP contribution < -0.4 is 9.47 Å². The van der Waals surface area contributed by atoms with Crippen LogP contribution in [0.25, 0.3) is 0 Å². The lowest BCUT2D eigenvalue weighted by molar-refractivity contribution is 0.109. The Labute approximate surface area is 172 Å². The summed E-state index contributed by atoms with van der Waals surface area (Å²) >= 11 is 0. The smallest absolute Gasteiger partial charge is 0.414 e. The fraction of sp³-hybridized carbons (Fsp3) is 0.435. The number of halogens is 1. The topological polar surface area (TPSA) is 42.0 Å². The average molecular weight is 400 g/mol. The minimum atomic E-state index is -0.442. The summed E-state index contributed by atoms with van der Waals surface area (Å²) in [7, 11) is 4.84. The van der Waals surface area contributed by atoms with E-state index in [2.05, 4.69) is 18.7 Å². The predicted molar refractivity (Wildman–Crippen MR) is 111 cm³/mol. The van der Waals surface area contributed by atoms with E-state index in [9.17, 15) is 9.18 Å². The standard InChI is InChI=1S/C23H29FN2O3/c1-23(2,26-14-17-7-8-19(24)13-18(17)15-26)11-10-16-6-9-20(21(12-16)28-5)29-22(27)25(3)4/h6-9,12-13H,10-11,14-15H2,1-5H3. The number of ether oxygens (including phenoxy) is 2. The zero-order valence-corrected chi connectivity index (χ0v) is 17.8. The summed E-state index contributed by atoms with van der Waals surface area (Å²) < 4.78 is 24.3. The van der Waals surface area contributed by atoms with Gasteiger partial charge in [-0.1, -0.05) is 12.1 Å². The molecule has 5 nitrogen and oxygen atoms in total. The van der Waals surface area contributed by atoms with E-state index >= 15 is 0 Å². The highest BCUT2D eigenvalue weighted by Gasteiger charge is 2.31. The van der Waals surface area contributed by atoms with Crippen LogP contribution in [0.3, 0.4) is 0 Å². The molecule has 1 aliphatic rings. The zero-order valence-electron chi connectivity index (χ0n) is 17.8. The normalized spacial score (nSPS) is 13.9. The van der Waals surface area contributed by atoms with Crippen LogP contribution in [0.15, 0.2) is 36.4 Å². The van der Waals surface area contributed by atoms with Crippen molar-refractivity contribution >= 4 is 6.09 Å². The minimum Gasteiger partial charge on any atom is -0.493 e. The summed E-state index contributed by atoms with van der Waals surface area (Å²) in [6.45, 7) is 6.05. The molecule has 3 rings (SSSR count). The van der Waals surface area contributed by atoms with E-state index in [1.165, 1.54) is 16.5 Å². The molecule has 1 aliphatic heterocycles. The highest BCUT2D eigenvalue weighted by Crippen LogP contribution is 2.34. The quantitative estimate of drug-likeness (QED) is 0.710. The first-order valence-corrected chi connectivity index (χ1v) is 9.78. The van der Waals surface area contributed by atoms with Gasteiger partial charge in [-0.25, -0.2) is 9.18 Å². The van der Waals surface area contributed by atoms with Crippen LogP contribution in [0.4, 0.5) is 9.18 Å². The van der Waals surface area contributed by atoms with Gasteiger partial charge in [0.2, 0.25) is 0 Å². The van der Waals surface area contributed by atoms with Crippen molar-refractivity contribution in [2.75, 3.05) is 21.2 Å². The first-order chi connectivity index (χ1) is 13.7. The Morgan fingerprint density at radius 2 is 1.83 bits per heavy atom. The maximum absolute atomic E-state index is 13.5. The second kappa shape index (κ2) is 8.41. The number of fused-ring (bicyclic) bond motifs is 1. The fourth-order valence-corrected chi connectivity index (χ4v) is 3.54. The largest absolute Gasteiger partial charge is 0.493 e. The molecule has 0 fully saturated rings. The third-order valence-electron chi connectivity index (χ3n) is 5.56. The van der Waals surface area contributed by atoms with Gasteiger partial charge < -0.3 is 14.4 Å². The molecular weight excluding hydrogens is 371 g/mol. The molecule has 6 heteroatoms. The van der Waals surface area contributed by atoms with Crippen molar-refractivity contribution in [3.8, 4) is 11.5 Å². The predicted octanol–water partition coefficient (Wildman–Crippen LogP) is 4.62. The first-order valence-electron chi connectivity index (χ1n) is 9.78. The molecular formula is C23H29FN2O3. The third-order valence-corrected chi connectivity index (χ3v) is 5.56. The lowest BCUT2D eigenvalue weighted by Crippen LogP contribution is -2.40. The van der Waals surface area contributed by atoms with Gasteiger partial charge in [0.25, 0.3) is 0 Å². The summed E-state index contributed by atoms with van der Waals surface area (Å²) in [5, 5.41) is 0. The van der Waals surface area contributed by atoms with E-state index in [0.29, 0.717) is 11.5 Å². The van der Waals surface area contributed by atoms with Gasteiger partial charge in [0, 0.05) is 32.7 Å². The lowest BCUT2D eigenvalue weighted by Gasteiger charge is -2.35. The Bertz CT molecular complexity index is 896. The Balaban J connectivity index is 1.65. The van der Waals surface area contributed by atoms with E-state index in [-0.39, 0.29) is 11.4 Å². The second-order valence-electron chi connectivity index (χ2n) is 8.33. The summed E-state index contributed by atoms with van der Waals surface area (Å²) in [4.78, 5) is 15.6. The third kappa shape index (κ3) is 4.88. The second-order valence-corrected chi connectivity index (χ2v) is 8.33. The SMILES string of the molecule is COc1cc(CCC(C)(C)N2Cc3ccc(F)cc3C2)ccc1OC(=O)N(C)C. The van der Waals surface area contributed by atoms with E-state index in [0.717, 1.165) is 37.1 Å². The summed E-state index contributed by atoms with van der Waals surface area (Å²) in [6.07, 6.45) is 1.35. The van der Waals surface area contributed by atoms with Crippen molar-refractivity contribution in [3.05, 3.63) is 58.9 Å². The molecule has 0 spiro atoms. The van der Waals surface area contributed by atoms with Crippen molar-refractivity contribution in [1.82, 2.24) is 9.80 Å². The van der Waals surface area contributed by atoms with E-state index in [1.807, 2.05) is 18.2 Å². The molecule has 0 saturated heterocycles. The fourth-order valence-electron chi connectivity index (χ4n) is 3.54. The number of hydrogen-bond donors (Lipinski definition) is 0. The lowest BCUT2D eigenvalue weighted by atomic mass is 9.93. The Morgan fingerprint density at radius 1 is 1.10 bits per heavy atom. The monoisotopic (exact) mass is 400 g/mol. The van der Waals surface area contributed by atoms with Crippen LogP contribution in [0, 0.1) is 5.82 Å². The van der Waals surface area contributed by atoms with Crippen LogP contribution in [0.2, 0.25) is 0 Å². The van der Waals surface area contributed by atoms with Crippen LogP contribution in [0.5, 0.6) is 11.5 Å². The van der Waals surface area contributed by atoms with Crippen molar-refractivity contribution in [2.45, 2.75) is 45.3 Å². The maximum Gasteiger partial charge on any atom is 0.414 e. The summed E-state index contributed by atoms with van der Waals surface area (Å²) in [6, 6.07) is 10.7. The molecule has 0 saturated carbocycles.